The third kappa shape index (κ3) is 4.52. The molecular formula is C25H28F3N9O. The van der Waals surface area contributed by atoms with Gasteiger partial charge in [0.2, 0.25) is 5.62 Å². The van der Waals surface area contributed by atoms with Crippen molar-refractivity contribution in [2.75, 3.05) is 6.54 Å². The average Bonchev–Trinajstić information content (AvgIpc) is 3.53. The number of alkyl halides is 3. The molecule has 0 atom stereocenters. The Bertz CT molecular complexity index is 1590. The standard InChI is InChI=1S/C25H28F3N9O/c1-5-37-13-21(22(32-37)25(26,27)28)19-9-16(11-36-14-30-34(4)24(36)29)10-20-18(19)6-7-35(23(20)38)12-17-8-15(2)31-33(17)3/h8-10,13-14,29H,5-7,11-12H2,1-4H3. The van der Waals surface area contributed by atoms with E-state index < -0.39 is 11.9 Å². The number of rotatable bonds is 6. The van der Waals surface area contributed by atoms with E-state index in [4.69, 9.17) is 5.41 Å². The zero-order valence-electron chi connectivity index (χ0n) is 21.5. The molecule has 0 fully saturated rings. The number of carbonyl (C=O) groups excluding carboxylic acids is 1. The molecule has 200 valence electrons. The fraction of sp³-hybridized carbons (Fsp3) is 0.400. The highest BCUT2D eigenvalue weighted by Crippen LogP contribution is 2.40. The Morgan fingerprint density at radius 1 is 1.03 bits per heavy atom. The van der Waals surface area contributed by atoms with Crippen LogP contribution < -0.4 is 5.62 Å². The van der Waals surface area contributed by atoms with Gasteiger partial charge in [-0.3, -0.25) is 24.1 Å². The Labute approximate surface area is 216 Å². The van der Waals surface area contributed by atoms with Crippen molar-refractivity contribution in [3.8, 4) is 11.1 Å². The first kappa shape index (κ1) is 25.5. The minimum absolute atomic E-state index is 0.0526. The van der Waals surface area contributed by atoms with E-state index in [0.29, 0.717) is 41.8 Å². The number of carbonyl (C=O) groups is 1. The third-order valence-corrected chi connectivity index (χ3v) is 6.85. The van der Waals surface area contributed by atoms with Gasteiger partial charge in [0.15, 0.2) is 5.69 Å². The normalized spacial score (nSPS) is 13.9. The van der Waals surface area contributed by atoms with E-state index in [2.05, 4.69) is 15.3 Å². The van der Waals surface area contributed by atoms with Crippen molar-refractivity contribution in [3.63, 3.8) is 0 Å². The zero-order valence-corrected chi connectivity index (χ0v) is 21.5. The molecule has 4 heterocycles. The van der Waals surface area contributed by atoms with Gasteiger partial charge >= 0.3 is 6.18 Å². The van der Waals surface area contributed by atoms with Crippen LogP contribution in [0.5, 0.6) is 0 Å². The molecule has 1 aromatic carbocycles. The number of aryl methyl sites for hydroxylation is 4. The second-order valence-corrected chi connectivity index (χ2v) is 9.50. The zero-order chi connectivity index (χ0) is 27.4. The fourth-order valence-electron chi connectivity index (χ4n) is 4.94. The van der Waals surface area contributed by atoms with Gasteiger partial charge in [-0.25, -0.2) is 4.68 Å². The van der Waals surface area contributed by atoms with Crippen LogP contribution in [0.2, 0.25) is 0 Å². The third-order valence-electron chi connectivity index (χ3n) is 6.85. The minimum atomic E-state index is -4.66. The van der Waals surface area contributed by atoms with Crippen molar-refractivity contribution in [2.45, 2.75) is 46.1 Å². The predicted octanol–water partition coefficient (Wildman–Crippen LogP) is 2.89. The van der Waals surface area contributed by atoms with Crippen molar-refractivity contribution in [1.29, 1.82) is 5.41 Å². The lowest BCUT2D eigenvalue weighted by Gasteiger charge is -2.30. The molecule has 13 heteroatoms. The highest BCUT2D eigenvalue weighted by atomic mass is 19.4. The molecule has 0 aliphatic carbocycles. The maximum absolute atomic E-state index is 14.0. The van der Waals surface area contributed by atoms with E-state index in [9.17, 15) is 18.0 Å². The van der Waals surface area contributed by atoms with Crippen LogP contribution in [-0.4, -0.2) is 51.3 Å². The average molecular weight is 528 g/mol. The summed E-state index contributed by atoms with van der Waals surface area (Å²) >= 11 is 0. The Kier molecular flexibility index (Phi) is 6.24. The van der Waals surface area contributed by atoms with Crippen LogP contribution in [0.1, 0.15) is 45.5 Å². The topological polar surface area (TPSA) is 103 Å². The molecule has 0 saturated carbocycles. The summed E-state index contributed by atoms with van der Waals surface area (Å²) in [6.45, 7) is 4.74. The summed E-state index contributed by atoms with van der Waals surface area (Å²) in [5.41, 5.74) is 2.65. The minimum Gasteiger partial charge on any atom is -0.332 e. The van der Waals surface area contributed by atoms with Gasteiger partial charge in [-0.05, 0) is 55.2 Å². The van der Waals surface area contributed by atoms with E-state index in [1.165, 1.54) is 21.9 Å². The number of fused-ring (bicyclic) bond motifs is 1. The molecule has 38 heavy (non-hydrogen) atoms. The van der Waals surface area contributed by atoms with E-state index in [1.807, 2.05) is 20.0 Å². The molecule has 0 unspecified atom stereocenters. The van der Waals surface area contributed by atoms with Crippen LogP contribution in [0.15, 0.2) is 30.7 Å². The summed E-state index contributed by atoms with van der Waals surface area (Å²) in [7, 11) is 3.45. The predicted molar refractivity (Wildman–Crippen MR) is 131 cm³/mol. The summed E-state index contributed by atoms with van der Waals surface area (Å²) in [6.07, 6.45) is -1.39. The van der Waals surface area contributed by atoms with Crippen molar-refractivity contribution >= 4 is 5.91 Å². The summed E-state index contributed by atoms with van der Waals surface area (Å²) in [5, 5.41) is 20.4. The maximum Gasteiger partial charge on any atom is 0.435 e. The van der Waals surface area contributed by atoms with Crippen LogP contribution in [0, 0.1) is 12.3 Å². The molecule has 1 N–H and O–H groups in total. The molecule has 3 aromatic heterocycles. The van der Waals surface area contributed by atoms with Gasteiger partial charge in [-0.15, -0.1) is 0 Å². The van der Waals surface area contributed by atoms with Gasteiger partial charge in [0.1, 0.15) is 6.33 Å². The van der Waals surface area contributed by atoms with Gasteiger partial charge < -0.3 is 4.90 Å². The first-order valence-electron chi connectivity index (χ1n) is 12.2. The number of nitrogens with one attached hydrogen (secondary N) is 1. The van der Waals surface area contributed by atoms with Gasteiger partial charge in [-0.2, -0.15) is 28.5 Å². The van der Waals surface area contributed by atoms with Gasteiger partial charge in [0, 0.05) is 44.5 Å². The Morgan fingerprint density at radius 2 is 1.76 bits per heavy atom. The summed E-state index contributed by atoms with van der Waals surface area (Å²) in [6, 6.07) is 5.31. The lowest BCUT2D eigenvalue weighted by molar-refractivity contribution is -0.141. The van der Waals surface area contributed by atoms with Crippen molar-refractivity contribution in [1.82, 2.24) is 38.8 Å². The molecule has 1 aliphatic rings. The highest BCUT2D eigenvalue weighted by Gasteiger charge is 2.39. The lowest BCUT2D eigenvalue weighted by Crippen LogP contribution is -2.38. The molecule has 1 aliphatic heterocycles. The van der Waals surface area contributed by atoms with Gasteiger partial charge in [0.05, 0.1) is 24.5 Å². The molecule has 0 radical (unpaired) electrons. The summed E-state index contributed by atoms with van der Waals surface area (Å²) < 4.78 is 48.1. The van der Waals surface area contributed by atoms with Crippen LogP contribution in [-0.2, 0) is 46.3 Å². The molecule has 0 saturated heterocycles. The number of nitrogens with zero attached hydrogens (tertiary/aromatic N) is 8. The Hall–Kier alpha value is -4.16. The second kappa shape index (κ2) is 9.30. The molecule has 0 bridgehead atoms. The number of hydrogen-bond acceptors (Lipinski definition) is 5. The van der Waals surface area contributed by atoms with E-state index in [0.717, 1.165) is 11.4 Å². The Morgan fingerprint density at radius 3 is 2.37 bits per heavy atom. The lowest BCUT2D eigenvalue weighted by atomic mass is 9.88. The van der Waals surface area contributed by atoms with Crippen LogP contribution >= 0.6 is 0 Å². The number of aromatic nitrogens is 7. The SMILES string of the molecule is CCn1cc(-c2cc(Cn3cnn(C)c3=N)cc3c2CCN(Cc2cc(C)nn2C)C3=O)c(C(F)(F)F)n1. The molecule has 10 nitrogen and oxygen atoms in total. The molecule has 1 amide bonds. The van der Waals surface area contributed by atoms with Gasteiger partial charge in [0.25, 0.3) is 5.91 Å². The van der Waals surface area contributed by atoms with Crippen LogP contribution in [0.3, 0.4) is 0 Å². The summed E-state index contributed by atoms with van der Waals surface area (Å²) in [4.78, 5) is 15.4. The van der Waals surface area contributed by atoms with Gasteiger partial charge in [-0.1, -0.05) is 0 Å². The number of amides is 1. The van der Waals surface area contributed by atoms with E-state index in [-0.39, 0.29) is 30.2 Å². The first-order valence-corrected chi connectivity index (χ1v) is 12.2. The number of halogens is 3. The molecule has 4 aromatic rings. The van der Waals surface area contributed by atoms with Crippen LogP contribution in [0.4, 0.5) is 13.2 Å². The molecule has 0 spiro atoms. The number of benzene rings is 1. The van der Waals surface area contributed by atoms with E-state index in [1.54, 1.807) is 40.3 Å². The Balaban J connectivity index is 1.64. The molecule has 5 rings (SSSR count). The smallest absolute Gasteiger partial charge is 0.332 e. The quantitative estimate of drug-likeness (QED) is 0.417. The fourth-order valence-corrected chi connectivity index (χ4v) is 4.94. The molecular weight excluding hydrogens is 499 g/mol. The van der Waals surface area contributed by atoms with Crippen molar-refractivity contribution < 1.29 is 18.0 Å². The van der Waals surface area contributed by atoms with Crippen molar-refractivity contribution in [3.05, 3.63) is 70.1 Å². The van der Waals surface area contributed by atoms with Crippen LogP contribution in [0.25, 0.3) is 11.1 Å². The van der Waals surface area contributed by atoms with E-state index >= 15 is 0 Å². The summed E-state index contributed by atoms with van der Waals surface area (Å²) in [5.74, 6) is -0.257. The second-order valence-electron chi connectivity index (χ2n) is 9.50. The number of hydrogen-bond donors (Lipinski definition) is 1. The first-order chi connectivity index (χ1) is 18.0. The van der Waals surface area contributed by atoms with Crippen molar-refractivity contribution in [2.24, 2.45) is 14.1 Å². The highest BCUT2D eigenvalue weighted by molar-refractivity contribution is 5.99. The maximum atomic E-state index is 14.0. The largest absolute Gasteiger partial charge is 0.435 e. The monoisotopic (exact) mass is 527 g/mol.